The van der Waals surface area contributed by atoms with Crippen molar-refractivity contribution in [1.29, 1.82) is 0 Å². The van der Waals surface area contributed by atoms with Crippen molar-refractivity contribution >= 4 is 0 Å². The molecule has 0 amide bonds. The molecule has 0 saturated carbocycles. The van der Waals surface area contributed by atoms with Gasteiger partial charge in [-0.25, -0.2) is 0 Å². The molecule has 0 fully saturated rings. The van der Waals surface area contributed by atoms with Crippen LogP contribution in [-0.4, -0.2) is 17.6 Å². The molecule has 1 aromatic heterocycles. The summed E-state index contributed by atoms with van der Waals surface area (Å²) in [6, 6.07) is 3.95. The highest BCUT2D eigenvalue weighted by Crippen LogP contribution is 2.19. The van der Waals surface area contributed by atoms with E-state index in [1.807, 2.05) is 25.3 Å². The Morgan fingerprint density at radius 2 is 1.95 bits per heavy atom. The van der Waals surface area contributed by atoms with Crippen molar-refractivity contribution in [2.45, 2.75) is 64.5 Å². The maximum Gasteiger partial charge on any atom is 0.0987 e. The predicted octanol–water partition coefficient (Wildman–Crippen LogP) is 3.85. The minimum atomic E-state index is -0.0376. The lowest BCUT2D eigenvalue weighted by Crippen LogP contribution is -2.27. The SMILES string of the molecule is CCCCCCCCOC(c1cccnc1)C(C)N. The molecule has 3 heteroatoms. The second-order valence-electron chi connectivity index (χ2n) is 5.20. The average molecular weight is 264 g/mol. The molecule has 1 rings (SSSR count). The molecule has 0 aliphatic carbocycles. The lowest BCUT2D eigenvalue weighted by molar-refractivity contribution is 0.0356. The van der Waals surface area contributed by atoms with E-state index < -0.39 is 0 Å². The van der Waals surface area contributed by atoms with E-state index in [1.165, 1.54) is 32.1 Å². The lowest BCUT2D eigenvalue weighted by atomic mass is 10.1. The number of rotatable bonds is 10. The van der Waals surface area contributed by atoms with Crippen molar-refractivity contribution in [3.63, 3.8) is 0 Å². The molecule has 0 radical (unpaired) electrons. The van der Waals surface area contributed by atoms with Gasteiger partial charge in [-0.05, 0) is 19.4 Å². The summed E-state index contributed by atoms with van der Waals surface area (Å²) < 4.78 is 5.93. The van der Waals surface area contributed by atoms with Crippen LogP contribution < -0.4 is 5.73 Å². The molecule has 0 aliphatic rings. The van der Waals surface area contributed by atoms with Crippen LogP contribution in [0.2, 0.25) is 0 Å². The Hall–Kier alpha value is -0.930. The topological polar surface area (TPSA) is 48.1 Å². The van der Waals surface area contributed by atoms with E-state index >= 15 is 0 Å². The highest BCUT2D eigenvalue weighted by molar-refractivity contribution is 5.13. The lowest BCUT2D eigenvalue weighted by Gasteiger charge is -2.21. The normalized spacial score (nSPS) is 14.3. The quantitative estimate of drug-likeness (QED) is 0.653. The Morgan fingerprint density at radius 1 is 1.21 bits per heavy atom. The van der Waals surface area contributed by atoms with E-state index in [-0.39, 0.29) is 12.1 Å². The van der Waals surface area contributed by atoms with Gasteiger partial charge in [0.05, 0.1) is 6.10 Å². The molecular formula is C16H28N2O. The predicted molar refractivity (Wildman–Crippen MR) is 80.0 cm³/mol. The molecule has 0 aliphatic heterocycles. The van der Waals surface area contributed by atoms with Crippen molar-refractivity contribution < 1.29 is 4.74 Å². The van der Waals surface area contributed by atoms with E-state index in [0.29, 0.717) is 0 Å². The summed E-state index contributed by atoms with van der Waals surface area (Å²) in [5, 5.41) is 0. The van der Waals surface area contributed by atoms with Gasteiger partial charge in [-0.3, -0.25) is 4.98 Å². The highest BCUT2D eigenvalue weighted by Gasteiger charge is 2.16. The molecular weight excluding hydrogens is 236 g/mol. The van der Waals surface area contributed by atoms with E-state index in [9.17, 15) is 0 Å². The Bertz CT molecular complexity index is 314. The van der Waals surface area contributed by atoms with Crippen LogP contribution in [0.25, 0.3) is 0 Å². The molecule has 19 heavy (non-hydrogen) atoms. The standard InChI is InChI=1S/C16H28N2O/c1-3-4-5-6-7-8-12-19-16(14(2)17)15-10-9-11-18-13-15/h9-11,13-14,16H,3-8,12,17H2,1-2H3. The summed E-state index contributed by atoms with van der Waals surface area (Å²) in [7, 11) is 0. The fourth-order valence-electron chi connectivity index (χ4n) is 2.19. The summed E-state index contributed by atoms with van der Waals surface area (Å²) in [6.45, 7) is 5.01. The van der Waals surface area contributed by atoms with Crippen molar-refractivity contribution in [1.82, 2.24) is 4.98 Å². The van der Waals surface area contributed by atoms with Crippen LogP contribution in [0.1, 0.15) is 64.0 Å². The monoisotopic (exact) mass is 264 g/mol. The second kappa shape index (κ2) is 9.93. The van der Waals surface area contributed by atoms with Gasteiger partial charge in [0.15, 0.2) is 0 Å². The molecule has 2 unspecified atom stereocenters. The first kappa shape index (κ1) is 16.1. The average Bonchev–Trinajstić information content (AvgIpc) is 2.42. The molecule has 3 nitrogen and oxygen atoms in total. The Morgan fingerprint density at radius 3 is 2.58 bits per heavy atom. The first-order chi connectivity index (χ1) is 9.25. The van der Waals surface area contributed by atoms with E-state index in [2.05, 4.69) is 11.9 Å². The zero-order chi connectivity index (χ0) is 13.9. The first-order valence-corrected chi connectivity index (χ1v) is 7.52. The zero-order valence-electron chi connectivity index (χ0n) is 12.3. The van der Waals surface area contributed by atoms with Gasteiger partial charge in [-0.1, -0.05) is 45.1 Å². The maximum atomic E-state index is 6.00. The minimum absolute atomic E-state index is 0.00992. The third-order valence-electron chi connectivity index (χ3n) is 3.29. The molecule has 1 heterocycles. The summed E-state index contributed by atoms with van der Waals surface area (Å²) in [5.74, 6) is 0. The van der Waals surface area contributed by atoms with Gasteiger partial charge in [0.25, 0.3) is 0 Å². The molecule has 2 atom stereocenters. The number of unbranched alkanes of at least 4 members (excludes halogenated alkanes) is 5. The van der Waals surface area contributed by atoms with Crippen LogP contribution in [0.5, 0.6) is 0 Å². The van der Waals surface area contributed by atoms with Gasteiger partial charge in [0, 0.05) is 30.6 Å². The maximum absolute atomic E-state index is 6.00. The molecule has 1 aromatic rings. The summed E-state index contributed by atoms with van der Waals surface area (Å²) in [6.07, 6.45) is 11.2. The van der Waals surface area contributed by atoms with Gasteiger partial charge in [0.2, 0.25) is 0 Å². The number of ether oxygens (including phenoxy) is 1. The van der Waals surface area contributed by atoms with Gasteiger partial charge in [-0.2, -0.15) is 0 Å². The molecule has 0 bridgehead atoms. The van der Waals surface area contributed by atoms with Gasteiger partial charge in [0.1, 0.15) is 0 Å². The van der Waals surface area contributed by atoms with Crippen LogP contribution in [0, 0.1) is 0 Å². The number of hydrogen-bond acceptors (Lipinski definition) is 3. The van der Waals surface area contributed by atoms with Crippen molar-refractivity contribution in [3.8, 4) is 0 Å². The number of nitrogens with zero attached hydrogens (tertiary/aromatic N) is 1. The van der Waals surface area contributed by atoms with Crippen molar-refractivity contribution in [3.05, 3.63) is 30.1 Å². The van der Waals surface area contributed by atoms with Crippen LogP contribution in [0.4, 0.5) is 0 Å². The van der Waals surface area contributed by atoms with E-state index in [1.54, 1.807) is 6.20 Å². The Balaban J connectivity index is 2.24. The van der Waals surface area contributed by atoms with Crippen LogP contribution in [-0.2, 0) is 4.74 Å². The smallest absolute Gasteiger partial charge is 0.0987 e. The third kappa shape index (κ3) is 6.69. The number of nitrogens with two attached hydrogens (primary N) is 1. The van der Waals surface area contributed by atoms with E-state index in [4.69, 9.17) is 10.5 Å². The summed E-state index contributed by atoms with van der Waals surface area (Å²) >= 11 is 0. The number of hydrogen-bond donors (Lipinski definition) is 1. The Labute approximate surface area is 117 Å². The summed E-state index contributed by atoms with van der Waals surface area (Å²) in [5.41, 5.74) is 7.07. The van der Waals surface area contributed by atoms with Gasteiger partial charge in [-0.15, -0.1) is 0 Å². The molecule has 2 N–H and O–H groups in total. The zero-order valence-corrected chi connectivity index (χ0v) is 12.3. The van der Waals surface area contributed by atoms with Gasteiger partial charge < -0.3 is 10.5 Å². The third-order valence-corrected chi connectivity index (χ3v) is 3.29. The van der Waals surface area contributed by atoms with Crippen LogP contribution in [0.3, 0.4) is 0 Å². The first-order valence-electron chi connectivity index (χ1n) is 7.52. The second-order valence-corrected chi connectivity index (χ2v) is 5.20. The summed E-state index contributed by atoms with van der Waals surface area (Å²) in [4.78, 5) is 4.13. The molecule has 108 valence electrons. The van der Waals surface area contributed by atoms with Crippen LogP contribution in [0.15, 0.2) is 24.5 Å². The molecule has 0 spiro atoms. The van der Waals surface area contributed by atoms with Crippen molar-refractivity contribution in [2.75, 3.05) is 6.61 Å². The van der Waals surface area contributed by atoms with Crippen molar-refractivity contribution in [2.24, 2.45) is 5.73 Å². The van der Waals surface area contributed by atoms with Crippen LogP contribution >= 0.6 is 0 Å². The molecule has 0 aromatic carbocycles. The fourth-order valence-corrected chi connectivity index (χ4v) is 2.19. The van der Waals surface area contributed by atoms with Gasteiger partial charge >= 0.3 is 0 Å². The van der Waals surface area contributed by atoms with E-state index in [0.717, 1.165) is 18.6 Å². The number of aromatic nitrogens is 1. The molecule has 0 saturated heterocycles. The minimum Gasteiger partial charge on any atom is -0.372 e. The fraction of sp³-hybridized carbons (Fsp3) is 0.688. The highest BCUT2D eigenvalue weighted by atomic mass is 16.5. The Kier molecular flexibility index (Phi) is 8.43. The number of pyridine rings is 1. The largest absolute Gasteiger partial charge is 0.372 e.